The molecule has 58 heavy (non-hydrogen) atoms. The molecule has 3 aliphatic rings. The van der Waals surface area contributed by atoms with E-state index in [9.17, 15) is 36.7 Å². The molecule has 0 saturated carbocycles. The van der Waals surface area contributed by atoms with Gasteiger partial charge in [0.05, 0.1) is 30.7 Å². The maximum atomic E-state index is 13.8. The number of hydrogen-bond donors (Lipinski definition) is 4. The lowest BCUT2D eigenvalue weighted by Crippen LogP contribution is -2.49. The maximum Gasteiger partial charge on any atom is 0.419 e. The summed E-state index contributed by atoms with van der Waals surface area (Å²) in [6, 6.07) is 13.7. The highest BCUT2D eigenvalue weighted by Gasteiger charge is 2.52. The lowest BCUT2D eigenvalue weighted by atomic mass is 10.0. The van der Waals surface area contributed by atoms with E-state index in [4.69, 9.17) is 10.00 Å². The first-order chi connectivity index (χ1) is 27.6. The quantitative estimate of drug-likeness (QED) is 0.111. The summed E-state index contributed by atoms with van der Waals surface area (Å²) in [5.41, 5.74) is -2.36. The molecule has 4 amide bonds. The summed E-state index contributed by atoms with van der Waals surface area (Å²) in [6.07, 6.45) is -3.19. The van der Waals surface area contributed by atoms with Crippen LogP contribution in [0.15, 0.2) is 54.7 Å². The number of benzene rings is 2. The highest BCUT2D eigenvalue weighted by Crippen LogP contribution is 2.43. The Morgan fingerprint density at radius 2 is 1.78 bits per heavy atom. The molecule has 3 aliphatic heterocycles. The lowest BCUT2D eigenvalue weighted by molar-refractivity contribution is -0.138. The van der Waals surface area contributed by atoms with Crippen molar-refractivity contribution < 1.29 is 41.5 Å². The van der Waals surface area contributed by atoms with E-state index in [1.54, 1.807) is 61.2 Å². The molecule has 0 radical (unpaired) electrons. The summed E-state index contributed by atoms with van der Waals surface area (Å²) in [4.78, 5) is 60.7. The number of rotatable bonds is 13. The molecule has 0 aliphatic carbocycles. The van der Waals surface area contributed by atoms with Gasteiger partial charge in [-0.3, -0.25) is 43.6 Å². The van der Waals surface area contributed by atoms with E-state index < -0.39 is 47.1 Å². The average Bonchev–Trinajstić information content (AvgIpc) is 3.35. The van der Waals surface area contributed by atoms with E-state index in [0.29, 0.717) is 80.2 Å². The van der Waals surface area contributed by atoms with Gasteiger partial charge in [-0.25, -0.2) is 4.98 Å². The number of carbonyl (C=O) groups is 4. The third-order valence-corrected chi connectivity index (χ3v) is 10.7. The second-order valence-corrected chi connectivity index (χ2v) is 15.1. The van der Waals surface area contributed by atoms with Crippen LogP contribution in [0.4, 0.5) is 40.3 Å². The topological polar surface area (TPSA) is 163 Å². The van der Waals surface area contributed by atoms with Gasteiger partial charge < -0.3 is 20.3 Å². The van der Waals surface area contributed by atoms with Gasteiger partial charge in [0, 0.05) is 62.6 Å². The molecule has 3 N–H and O–H groups in total. The number of nitrogens with one attached hydrogen (secondary N) is 3. The molecular formula is C39H43F4N9O5S. The van der Waals surface area contributed by atoms with E-state index >= 15 is 0 Å². The number of thiol groups is 1. The molecule has 3 fully saturated rings. The Balaban J connectivity index is 1.01. The van der Waals surface area contributed by atoms with Crippen LogP contribution in [-0.2, 0) is 31.8 Å². The Morgan fingerprint density at radius 1 is 1.05 bits per heavy atom. The minimum atomic E-state index is -4.88. The predicted octanol–water partition coefficient (Wildman–Crippen LogP) is 4.18. The smallest absolute Gasteiger partial charge is 0.419 e. The molecule has 308 valence electrons. The number of nitrogens with zero attached hydrogens (tertiary/aromatic N) is 6. The number of alkyl halides is 4. The molecule has 4 heterocycles. The van der Waals surface area contributed by atoms with Crippen molar-refractivity contribution in [1.82, 2.24) is 20.1 Å². The third kappa shape index (κ3) is 9.46. The number of ether oxygens (including phenoxy) is 1. The largest absolute Gasteiger partial charge is 0.492 e. The van der Waals surface area contributed by atoms with Crippen molar-refractivity contribution in [2.75, 3.05) is 73.0 Å². The first-order valence-corrected chi connectivity index (χ1v) is 19.2. The average molecular weight is 826 g/mol. The van der Waals surface area contributed by atoms with Crippen molar-refractivity contribution >= 4 is 59.0 Å². The number of aromatic nitrogens is 1. The van der Waals surface area contributed by atoms with Crippen molar-refractivity contribution in [3.8, 4) is 11.8 Å². The van der Waals surface area contributed by atoms with Gasteiger partial charge in [0.2, 0.25) is 17.7 Å². The number of nitriles is 1. The molecule has 1 aromatic heterocycles. The fraction of sp³-hybridized carbons (Fsp3) is 0.436. The van der Waals surface area contributed by atoms with Crippen LogP contribution in [0.3, 0.4) is 0 Å². The monoisotopic (exact) mass is 825 g/mol. The fourth-order valence-electron chi connectivity index (χ4n) is 7.24. The molecule has 0 bridgehead atoms. The Kier molecular flexibility index (Phi) is 12.8. The summed E-state index contributed by atoms with van der Waals surface area (Å²) < 4.78 is 61.1. The van der Waals surface area contributed by atoms with Crippen molar-refractivity contribution in [3.05, 3.63) is 71.5 Å². The van der Waals surface area contributed by atoms with Crippen LogP contribution in [-0.4, -0.2) is 108 Å². The summed E-state index contributed by atoms with van der Waals surface area (Å²) in [6.45, 7) is 6.27. The van der Waals surface area contributed by atoms with Gasteiger partial charge in [-0.05, 0) is 68.3 Å². The Bertz CT molecular complexity index is 2090. The van der Waals surface area contributed by atoms with Gasteiger partial charge in [-0.2, -0.15) is 18.4 Å². The molecule has 3 saturated heterocycles. The third-order valence-electron chi connectivity index (χ3n) is 10.3. The van der Waals surface area contributed by atoms with Crippen LogP contribution in [0, 0.1) is 11.3 Å². The van der Waals surface area contributed by atoms with Crippen LogP contribution in [0.5, 0.6) is 5.75 Å². The highest BCUT2D eigenvalue weighted by molar-refractivity contribution is 7.81. The zero-order valence-electron chi connectivity index (χ0n) is 31.8. The van der Waals surface area contributed by atoms with Gasteiger partial charge in [0.25, 0.3) is 5.91 Å². The van der Waals surface area contributed by atoms with Gasteiger partial charge in [-0.15, -0.1) is 12.6 Å². The fourth-order valence-corrected chi connectivity index (χ4v) is 7.90. The van der Waals surface area contributed by atoms with Crippen LogP contribution in [0.1, 0.15) is 43.5 Å². The Labute approximate surface area is 337 Å². The van der Waals surface area contributed by atoms with Crippen molar-refractivity contribution in [3.63, 3.8) is 0 Å². The Hall–Kier alpha value is -5.45. The second kappa shape index (κ2) is 17.6. The van der Waals surface area contributed by atoms with Gasteiger partial charge in [0.1, 0.15) is 30.0 Å². The van der Waals surface area contributed by atoms with E-state index in [-0.39, 0.29) is 42.8 Å². The molecule has 6 rings (SSSR count). The molecule has 2 aromatic carbocycles. The number of amides is 4. The molecule has 14 nitrogen and oxygen atoms in total. The zero-order valence-corrected chi connectivity index (χ0v) is 32.7. The Morgan fingerprint density at radius 3 is 2.47 bits per heavy atom. The molecular weight excluding hydrogens is 783 g/mol. The van der Waals surface area contributed by atoms with Gasteiger partial charge in [0.15, 0.2) is 11.2 Å². The molecule has 19 heteroatoms. The predicted molar refractivity (Wildman–Crippen MR) is 210 cm³/mol. The number of piperazine rings is 1. The number of carbonyl (C=O) groups excluding carboxylic acids is 4. The summed E-state index contributed by atoms with van der Waals surface area (Å²) in [7, 11) is 0. The molecule has 2 unspecified atom stereocenters. The number of anilines is 4. The van der Waals surface area contributed by atoms with Gasteiger partial charge >= 0.3 is 6.18 Å². The zero-order chi connectivity index (χ0) is 41.8. The molecule has 0 spiro atoms. The van der Waals surface area contributed by atoms with E-state index in [1.807, 2.05) is 4.90 Å². The van der Waals surface area contributed by atoms with Crippen molar-refractivity contribution in [1.29, 1.82) is 5.26 Å². The molecule has 2 atom stereocenters. The van der Waals surface area contributed by atoms with E-state index in [0.717, 1.165) is 11.1 Å². The van der Waals surface area contributed by atoms with Crippen LogP contribution < -0.4 is 30.5 Å². The first-order valence-electron chi connectivity index (χ1n) is 18.6. The SMILES string of the molecule is CC1(C)C(=O)N(c2cnc(C#N)c(C(F)(F)F)c2)C(S)N1c1ccc(OCCN2CCN(CC(=O)Nc3cccc(NC4CCC(=O)NC4=O)c3)CC2)c(CCF)c1. The number of halogens is 4. The van der Waals surface area contributed by atoms with Crippen LogP contribution in [0.25, 0.3) is 0 Å². The summed E-state index contributed by atoms with van der Waals surface area (Å²) in [5.74, 6) is -0.952. The number of aryl methyl sites for hydroxylation is 1. The lowest BCUT2D eigenvalue weighted by Gasteiger charge is -2.34. The van der Waals surface area contributed by atoms with Crippen molar-refractivity contribution in [2.45, 2.75) is 56.4 Å². The van der Waals surface area contributed by atoms with Crippen molar-refractivity contribution in [2.24, 2.45) is 0 Å². The number of pyridine rings is 1. The summed E-state index contributed by atoms with van der Waals surface area (Å²) >= 11 is 4.64. The van der Waals surface area contributed by atoms with E-state index in [2.05, 4.69) is 38.5 Å². The number of hydrogen-bond acceptors (Lipinski definition) is 12. The standard InChI is InChI=1S/C39H43F4N9O5S/c1-38(2)36(56)51(28-20-29(39(41,42)43)31(21-44)45-22-28)37(58)52(38)27-6-8-32(24(18-27)10-11-40)57-17-16-49-12-14-50(15-13-49)23-34(54)47-26-5-3-4-25(19-26)46-30-7-9-33(53)48-35(30)55/h3-6,8,18-20,22,30,37,46,58H,7,9-17,23H2,1-2H3,(H,47,54)(H,48,53,55). The summed E-state index contributed by atoms with van der Waals surface area (Å²) in [5, 5.41) is 17.5. The van der Waals surface area contributed by atoms with Crippen LogP contribution in [0.2, 0.25) is 0 Å². The molecule has 3 aromatic rings. The first kappa shape index (κ1) is 42.2. The van der Waals surface area contributed by atoms with Crippen LogP contribution >= 0.6 is 12.6 Å². The minimum absolute atomic E-state index is 0.0161. The maximum absolute atomic E-state index is 13.8. The highest BCUT2D eigenvalue weighted by atomic mass is 32.1. The number of imide groups is 1. The minimum Gasteiger partial charge on any atom is -0.492 e. The van der Waals surface area contributed by atoms with Gasteiger partial charge in [-0.1, -0.05) is 6.07 Å². The van der Waals surface area contributed by atoms with E-state index in [1.165, 1.54) is 6.07 Å². The second-order valence-electron chi connectivity index (χ2n) is 14.6. The number of piperidine rings is 1. The normalized spacial score (nSPS) is 20.1.